The highest BCUT2D eigenvalue weighted by molar-refractivity contribution is 5.92. The van der Waals surface area contributed by atoms with E-state index in [0.29, 0.717) is 5.56 Å². The molecule has 118 valence electrons. The summed E-state index contributed by atoms with van der Waals surface area (Å²) in [6, 6.07) is 14.6. The number of aliphatic hydroxyl groups excluding tert-OH is 1. The number of aliphatic hydroxyl groups is 1. The van der Waals surface area contributed by atoms with Crippen molar-refractivity contribution in [1.82, 2.24) is 5.32 Å². The maximum Gasteiger partial charge on any atom is 0.270 e. The Morgan fingerprint density at radius 3 is 2.61 bits per heavy atom. The number of rotatable bonds is 6. The van der Waals surface area contributed by atoms with Crippen LogP contribution < -0.4 is 5.32 Å². The van der Waals surface area contributed by atoms with Gasteiger partial charge in [-0.15, -0.1) is 0 Å². The van der Waals surface area contributed by atoms with E-state index >= 15 is 0 Å². The van der Waals surface area contributed by atoms with Crippen LogP contribution in [0.1, 0.15) is 17.2 Å². The summed E-state index contributed by atoms with van der Waals surface area (Å²) in [6.07, 6.45) is 2.77. The average molecular weight is 312 g/mol. The van der Waals surface area contributed by atoms with Crippen LogP contribution in [-0.2, 0) is 4.79 Å². The zero-order valence-corrected chi connectivity index (χ0v) is 12.3. The van der Waals surface area contributed by atoms with Crippen molar-refractivity contribution in [2.24, 2.45) is 0 Å². The van der Waals surface area contributed by atoms with E-state index in [1.54, 1.807) is 12.1 Å². The fourth-order valence-electron chi connectivity index (χ4n) is 2.05. The number of hydrogen-bond acceptors (Lipinski definition) is 4. The van der Waals surface area contributed by atoms with E-state index < -0.39 is 11.0 Å². The van der Waals surface area contributed by atoms with Crippen LogP contribution >= 0.6 is 0 Å². The third-order valence-corrected chi connectivity index (χ3v) is 3.21. The average Bonchev–Trinajstić information content (AvgIpc) is 2.59. The molecule has 1 atom stereocenters. The van der Waals surface area contributed by atoms with E-state index in [2.05, 4.69) is 5.32 Å². The largest absolute Gasteiger partial charge is 0.394 e. The molecule has 0 aromatic heterocycles. The highest BCUT2D eigenvalue weighted by Crippen LogP contribution is 2.15. The predicted octanol–water partition coefficient (Wildman–Crippen LogP) is 2.46. The molecule has 2 N–H and O–H groups in total. The van der Waals surface area contributed by atoms with Crippen molar-refractivity contribution < 1.29 is 14.8 Å². The van der Waals surface area contributed by atoms with Gasteiger partial charge in [-0.2, -0.15) is 0 Å². The molecule has 2 rings (SSSR count). The number of nitro benzene ring substituents is 1. The molecular formula is C17H16N2O4. The second-order valence-corrected chi connectivity index (χ2v) is 4.84. The highest BCUT2D eigenvalue weighted by atomic mass is 16.6. The number of hydrogen-bond donors (Lipinski definition) is 2. The second-order valence-electron chi connectivity index (χ2n) is 4.84. The molecule has 0 bridgehead atoms. The minimum Gasteiger partial charge on any atom is -0.394 e. The van der Waals surface area contributed by atoms with Gasteiger partial charge in [-0.05, 0) is 17.2 Å². The van der Waals surface area contributed by atoms with Crippen LogP contribution in [0.25, 0.3) is 6.08 Å². The van der Waals surface area contributed by atoms with Crippen LogP contribution in [0, 0.1) is 10.1 Å². The molecule has 0 saturated heterocycles. The van der Waals surface area contributed by atoms with E-state index in [1.807, 2.05) is 30.3 Å². The molecule has 6 nitrogen and oxygen atoms in total. The molecule has 1 unspecified atom stereocenters. The zero-order valence-electron chi connectivity index (χ0n) is 12.3. The van der Waals surface area contributed by atoms with Gasteiger partial charge < -0.3 is 10.4 Å². The highest BCUT2D eigenvalue weighted by Gasteiger charge is 2.11. The van der Waals surface area contributed by atoms with Crippen LogP contribution in [-0.4, -0.2) is 22.5 Å². The van der Waals surface area contributed by atoms with Gasteiger partial charge in [0.05, 0.1) is 17.6 Å². The fourth-order valence-corrected chi connectivity index (χ4v) is 2.05. The van der Waals surface area contributed by atoms with Crippen molar-refractivity contribution in [3.05, 3.63) is 81.9 Å². The quantitative estimate of drug-likeness (QED) is 0.487. The molecule has 0 aliphatic rings. The molecule has 2 aromatic rings. The van der Waals surface area contributed by atoms with Crippen molar-refractivity contribution >= 4 is 17.7 Å². The lowest BCUT2D eigenvalue weighted by molar-refractivity contribution is -0.384. The van der Waals surface area contributed by atoms with Crippen LogP contribution in [0.15, 0.2) is 60.7 Å². The van der Waals surface area contributed by atoms with Crippen molar-refractivity contribution in [3.8, 4) is 0 Å². The zero-order chi connectivity index (χ0) is 16.7. The Morgan fingerprint density at radius 2 is 1.96 bits per heavy atom. The molecular weight excluding hydrogens is 296 g/mol. The standard InChI is InChI=1S/C17H16N2O4/c20-12-16(14-6-2-1-3-7-14)18-17(21)10-9-13-5-4-8-15(11-13)19(22)23/h1-11,16,20H,12H2,(H,18,21)/b10-9+. The lowest BCUT2D eigenvalue weighted by Crippen LogP contribution is -2.29. The predicted molar refractivity (Wildman–Crippen MR) is 86.5 cm³/mol. The van der Waals surface area contributed by atoms with Gasteiger partial charge in [-0.3, -0.25) is 14.9 Å². The summed E-state index contributed by atoms with van der Waals surface area (Å²) >= 11 is 0. The first-order valence-electron chi connectivity index (χ1n) is 6.99. The van der Waals surface area contributed by atoms with E-state index in [4.69, 9.17) is 0 Å². The normalized spacial score (nSPS) is 12.0. The Morgan fingerprint density at radius 1 is 1.22 bits per heavy atom. The van der Waals surface area contributed by atoms with Crippen LogP contribution in [0.5, 0.6) is 0 Å². The molecule has 0 aliphatic heterocycles. The second kappa shape index (κ2) is 7.86. The molecule has 6 heteroatoms. The Bertz CT molecular complexity index is 714. The fraction of sp³-hybridized carbons (Fsp3) is 0.118. The van der Waals surface area contributed by atoms with Crippen molar-refractivity contribution in [2.45, 2.75) is 6.04 Å². The summed E-state index contributed by atoms with van der Waals surface area (Å²) in [4.78, 5) is 22.2. The Kier molecular flexibility index (Phi) is 5.60. The lowest BCUT2D eigenvalue weighted by Gasteiger charge is -2.15. The van der Waals surface area contributed by atoms with Crippen LogP contribution in [0.4, 0.5) is 5.69 Å². The molecule has 2 aromatic carbocycles. The van der Waals surface area contributed by atoms with Crippen molar-refractivity contribution in [1.29, 1.82) is 0 Å². The molecule has 0 saturated carbocycles. The van der Waals surface area contributed by atoms with Gasteiger partial charge in [-0.1, -0.05) is 42.5 Å². The van der Waals surface area contributed by atoms with Gasteiger partial charge in [-0.25, -0.2) is 0 Å². The minimum absolute atomic E-state index is 0.0370. The van der Waals surface area contributed by atoms with Crippen molar-refractivity contribution in [3.63, 3.8) is 0 Å². The number of benzene rings is 2. The van der Waals surface area contributed by atoms with Gasteiger partial charge in [0, 0.05) is 18.2 Å². The molecule has 0 aliphatic carbocycles. The van der Waals surface area contributed by atoms with E-state index in [1.165, 1.54) is 24.3 Å². The van der Waals surface area contributed by atoms with Crippen molar-refractivity contribution in [2.75, 3.05) is 6.61 Å². The number of non-ortho nitro benzene ring substituents is 1. The first kappa shape index (κ1) is 16.4. The summed E-state index contributed by atoms with van der Waals surface area (Å²) < 4.78 is 0. The lowest BCUT2D eigenvalue weighted by atomic mass is 10.1. The molecule has 0 heterocycles. The smallest absolute Gasteiger partial charge is 0.270 e. The van der Waals surface area contributed by atoms with E-state index in [-0.39, 0.29) is 18.2 Å². The molecule has 23 heavy (non-hydrogen) atoms. The van der Waals surface area contributed by atoms with Crippen LogP contribution in [0.3, 0.4) is 0 Å². The maximum absolute atomic E-state index is 11.9. The first-order chi connectivity index (χ1) is 11.1. The van der Waals surface area contributed by atoms with Gasteiger partial charge in [0.2, 0.25) is 5.91 Å². The summed E-state index contributed by atoms with van der Waals surface area (Å²) in [7, 11) is 0. The summed E-state index contributed by atoms with van der Waals surface area (Å²) in [5.74, 6) is -0.389. The summed E-state index contributed by atoms with van der Waals surface area (Å²) in [6.45, 7) is -0.222. The molecule has 0 radical (unpaired) electrons. The topological polar surface area (TPSA) is 92.5 Å². The number of amides is 1. The maximum atomic E-state index is 11.9. The monoisotopic (exact) mass is 312 g/mol. The third-order valence-electron chi connectivity index (χ3n) is 3.21. The number of carbonyl (C=O) groups is 1. The van der Waals surface area contributed by atoms with E-state index in [0.717, 1.165) is 5.56 Å². The number of nitrogens with zero attached hydrogens (tertiary/aromatic N) is 1. The Labute approximate surface area is 133 Å². The number of carbonyl (C=O) groups excluding carboxylic acids is 1. The molecule has 0 spiro atoms. The summed E-state index contributed by atoms with van der Waals surface area (Å²) in [5.41, 5.74) is 1.31. The van der Waals surface area contributed by atoms with Gasteiger partial charge in [0.25, 0.3) is 5.69 Å². The van der Waals surface area contributed by atoms with Gasteiger partial charge in [0.15, 0.2) is 0 Å². The van der Waals surface area contributed by atoms with Gasteiger partial charge >= 0.3 is 0 Å². The first-order valence-corrected chi connectivity index (χ1v) is 6.99. The number of nitrogens with one attached hydrogen (secondary N) is 1. The third kappa shape index (κ3) is 4.76. The molecule has 1 amide bonds. The Hall–Kier alpha value is -2.99. The van der Waals surface area contributed by atoms with E-state index in [9.17, 15) is 20.0 Å². The minimum atomic E-state index is -0.501. The van der Waals surface area contributed by atoms with Gasteiger partial charge in [0.1, 0.15) is 0 Å². The summed E-state index contributed by atoms with van der Waals surface area (Å²) in [5, 5.41) is 22.8. The van der Waals surface area contributed by atoms with Crippen LogP contribution in [0.2, 0.25) is 0 Å². The SMILES string of the molecule is O=C(/C=C/c1cccc([N+](=O)[O-])c1)NC(CO)c1ccccc1. The molecule has 0 fully saturated rings. The number of nitro groups is 1. The Balaban J connectivity index is 2.03.